The van der Waals surface area contributed by atoms with Crippen molar-refractivity contribution in [2.45, 2.75) is 24.2 Å². The number of amides is 1. The molecule has 5 heteroatoms. The molecule has 1 amide bonds. The van der Waals surface area contributed by atoms with Gasteiger partial charge < -0.3 is 27.8 Å². The maximum atomic E-state index is 12.4. The fraction of sp³-hybridized carbons (Fsp3) is 0.467. The molecule has 0 saturated heterocycles. The van der Waals surface area contributed by atoms with Gasteiger partial charge in [-0.3, -0.25) is 4.79 Å². The number of nitrogens with one attached hydrogen (secondary N) is 1. The number of carbonyl (C=O) groups is 2. The minimum atomic E-state index is -1.09. The first-order chi connectivity index (χ1) is 9.58. The van der Waals surface area contributed by atoms with Gasteiger partial charge in [0.1, 0.15) is 0 Å². The molecule has 2 saturated carbocycles. The summed E-state index contributed by atoms with van der Waals surface area (Å²) in [5.74, 6) is -2.19. The molecule has 20 heavy (non-hydrogen) atoms. The van der Waals surface area contributed by atoms with E-state index < -0.39 is 17.8 Å². The normalized spacial score (nSPS) is 31.2. The predicted molar refractivity (Wildman–Crippen MR) is 73.5 cm³/mol. The molecular formula is C15H15NO3S-2. The van der Waals surface area contributed by atoms with Crippen LogP contribution in [0.1, 0.15) is 19.3 Å². The van der Waals surface area contributed by atoms with Crippen LogP contribution in [0.3, 0.4) is 0 Å². The van der Waals surface area contributed by atoms with Gasteiger partial charge in [0, 0.05) is 23.5 Å². The van der Waals surface area contributed by atoms with E-state index in [4.69, 9.17) is 12.6 Å². The number of rotatable bonds is 3. The molecule has 0 aliphatic heterocycles. The van der Waals surface area contributed by atoms with Crippen LogP contribution in [0, 0.1) is 23.7 Å². The Balaban J connectivity index is 1.80. The summed E-state index contributed by atoms with van der Waals surface area (Å²) in [4.78, 5) is 24.3. The number of hydrogen-bond acceptors (Lipinski definition) is 4. The van der Waals surface area contributed by atoms with E-state index in [0.29, 0.717) is 10.6 Å². The fourth-order valence-corrected chi connectivity index (χ4v) is 3.99. The van der Waals surface area contributed by atoms with E-state index in [-0.39, 0.29) is 17.7 Å². The monoisotopic (exact) mass is 289 g/mol. The number of aliphatic carboxylic acids is 1. The zero-order valence-electron chi connectivity index (χ0n) is 10.9. The molecule has 0 radical (unpaired) electrons. The van der Waals surface area contributed by atoms with Gasteiger partial charge in [0.05, 0.1) is 0 Å². The van der Waals surface area contributed by atoms with Crippen LogP contribution in [0.2, 0.25) is 0 Å². The van der Waals surface area contributed by atoms with Gasteiger partial charge in [-0.1, -0.05) is 18.2 Å². The Labute approximate surface area is 123 Å². The number of anilines is 1. The quantitative estimate of drug-likeness (QED) is 0.841. The van der Waals surface area contributed by atoms with Crippen molar-refractivity contribution in [3.05, 3.63) is 24.3 Å². The summed E-state index contributed by atoms with van der Waals surface area (Å²) in [6.07, 6.45) is 2.65. The van der Waals surface area contributed by atoms with E-state index in [0.717, 1.165) is 19.3 Å². The summed E-state index contributed by atoms with van der Waals surface area (Å²) in [5, 5.41) is 14.1. The Bertz CT molecular complexity index is 560. The standard InChI is InChI=1S/C15H17NO3S/c17-14(16-10-3-1-2-4-11(10)20)12-8-5-6-9(7-8)13(12)15(18)19/h1-4,8-9,12-13,20H,5-7H2,(H,16,17)(H,18,19)/p-2/t8-,9+,12+,13+/m1/s1. The van der Waals surface area contributed by atoms with Gasteiger partial charge in [0.2, 0.25) is 5.91 Å². The van der Waals surface area contributed by atoms with E-state index in [1.807, 2.05) is 0 Å². The third-order valence-corrected chi connectivity index (χ3v) is 4.99. The Morgan fingerprint density at radius 2 is 1.80 bits per heavy atom. The van der Waals surface area contributed by atoms with Gasteiger partial charge in [-0.05, 0) is 37.2 Å². The Morgan fingerprint density at radius 3 is 2.45 bits per heavy atom. The average Bonchev–Trinajstić information content (AvgIpc) is 3.01. The summed E-state index contributed by atoms with van der Waals surface area (Å²) < 4.78 is 0. The van der Waals surface area contributed by atoms with E-state index >= 15 is 0 Å². The van der Waals surface area contributed by atoms with Crippen molar-refractivity contribution in [3.63, 3.8) is 0 Å². The number of fused-ring (bicyclic) bond motifs is 2. The van der Waals surface area contributed by atoms with Crippen LogP contribution in [0.15, 0.2) is 29.2 Å². The van der Waals surface area contributed by atoms with Gasteiger partial charge in [0.25, 0.3) is 0 Å². The van der Waals surface area contributed by atoms with Crippen molar-refractivity contribution in [2.24, 2.45) is 23.7 Å². The fourth-order valence-electron chi connectivity index (χ4n) is 3.79. The number of hydrogen-bond donors (Lipinski definition) is 1. The lowest BCUT2D eigenvalue weighted by molar-refractivity contribution is -0.314. The maximum absolute atomic E-state index is 12.4. The summed E-state index contributed by atoms with van der Waals surface area (Å²) in [7, 11) is 0. The lowest BCUT2D eigenvalue weighted by Crippen LogP contribution is -2.44. The first-order valence-corrected chi connectivity index (χ1v) is 7.26. The zero-order chi connectivity index (χ0) is 14.3. The second kappa shape index (κ2) is 5.05. The van der Waals surface area contributed by atoms with Crippen LogP contribution in [0.4, 0.5) is 5.69 Å². The minimum absolute atomic E-state index is 0.0968. The van der Waals surface area contributed by atoms with Crippen molar-refractivity contribution >= 4 is 30.2 Å². The average molecular weight is 289 g/mol. The third-order valence-electron chi connectivity index (χ3n) is 4.64. The van der Waals surface area contributed by atoms with E-state index in [9.17, 15) is 14.7 Å². The van der Waals surface area contributed by atoms with E-state index in [2.05, 4.69) is 5.32 Å². The van der Waals surface area contributed by atoms with Gasteiger partial charge in [-0.15, -0.1) is 0 Å². The van der Waals surface area contributed by atoms with Crippen LogP contribution in [0.25, 0.3) is 0 Å². The molecule has 3 rings (SSSR count). The van der Waals surface area contributed by atoms with Gasteiger partial charge >= 0.3 is 0 Å². The molecule has 2 aliphatic carbocycles. The summed E-state index contributed by atoms with van der Waals surface area (Å²) in [6.45, 7) is 0. The van der Waals surface area contributed by atoms with E-state index in [1.54, 1.807) is 24.3 Å². The molecule has 2 fully saturated rings. The first-order valence-electron chi connectivity index (χ1n) is 6.85. The summed E-state index contributed by atoms with van der Waals surface area (Å²) in [5.41, 5.74) is 0.576. The SMILES string of the molecule is O=C([O-])[C@H]1[C@H]2CC[C@H](C2)[C@@H]1C(=O)Nc1ccccc1[S-]. The highest BCUT2D eigenvalue weighted by molar-refractivity contribution is 7.59. The van der Waals surface area contributed by atoms with Crippen molar-refractivity contribution in [2.75, 3.05) is 5.32 Å². The van der Waals surface area contributed by atoms with Crippen molar-refractivity contribution in [1.82, 2.24) is 0 Å². The molecule has 1 N–H and O–H groups in total. The predicted octanol–water partition coefficient (Wildman–Crippen LogP) is 0.943. The molecule has 4 nitrogen and oxygen atoms in total. The zero-order valence-corrected chi connectivity index (χ0v) is 11.7. The summed E-state index contributed by atoms with van der Waals surface area (Å²) in [6, 6.07) is 7.07. The molecule has 0 heterocycles. The molecule has 4 atom stereocenters. The van der Waals surface area contributed by atoms with Gasteiger partial charge in [-0.2, -0.15) is 4.90 Å². The smallest absolute Gasteiger partial charge is 0.228 e. The number of benzene rings is 1. The van der Waals surface area contributed by atoms with Gasteiger partial charge in [-0.25, -0.2) is 0 Å². The van der Waals surface area contributed by atoms with Crippen LogP contribution in [-0.4, -0.2) is 11.9 Å². The highest BCUT2D eigenvalue weighted by Gasteiger charge is 2.51. The minimum Gasteiger partial charge on any atom is -0.778 e. The van der Waals surface area contributed by atoms with Gasteiger partial charge in [0.15, 0.2) is 0 Å². The van der Waals surface area contributed by atoms with Crippen molar-refractivity contribution in [3.8, 4) is 0 Å². The number of carboxylic acid groups (broad SMARTS) is 1. The Kier molecular flexibility index (Phi) is 3.38. The summed E-state index contributed by atoms with van der Waals surface area (Å²) >= 11 is 5.15. The molecule has 0 spiro atoms. The molecule has 2 bridgehead atoms. The first kappa shape index (κ1) is 13.4. The second-order valence-electron chi connectivity index (χ2n) is 5.69. The molecule has 0 unspecified atom stereocenters. The van der Waals surface area contributed by atoms with Crippen LogP contribution in [-0.2, 0) is 22.2 Å². The van der Waals surface area contributed by atoms with Crippen molar-refractivity contribution in [1.29, 1.82) is 0 Å². The Morgan fingerprint density at radius 1 is 1.15 bits per heavy atom. The molecule has 0 aromatic heterocycles. The number of carbonyl (C=O) groups excluding carboxylic acids is 2. The Hall–Kier alpha value is -1.62. The van der Waals surface area contributed by atoms with Crippen LogP contribution < -0.4 is 10.4 Å². The lowest BCUT2D eigenvalue weighted by atomic mass is 9.78. The maximum Gasteiger partial charge on any atom is 0.228 e. The lowest BCUT2D eigenvalue weighted by Gasteiger charge is -2.31. The second-order valence-corrected chi connectivity index (χ2v) is 6.13. The molecule has 106 valence electrons. The van der Waals surface area contributed by atoms with Crippen LogP contribution in [0.5, 0.6) is 0 Å². The molecular weight excluding hydrogens is 274 g/mol. The molecule has 2 aliphatic rings. The third kappa shape index (κ3) is 2.16. The van der Waals surface area contributed by atoms with Crippen molar-refractivity contribution < 1.29 is 14.7 Å². The van der Waals surface area contributed by atoms with Crippen LogP contribution >= 0.6 is 0 Å². The highest BCUT2D eigenvalue weighted by Crippen LogP contribution is 2.52. The number of para-hydroxylation sites is 1. The van der Waals surface area contributed by atoms with E-state index in [1.165, 1.54) is 0 Å². The topological polar surface area (TPSA) is 69.2 Å². The number of carboxylic acids is 1. The molecule has 1 aromatic carbocycles. The molecule has 1 aromatic rings. The highest BCUT2D eigenvalue weighted by atomic mass is 32.1. The largest absolute Gasteiger partial charge is 0.778 e.